The van der Waals surface area contributed by atoms with Crippen LogP contribution in [0.5, 0.6) is 0 Å². The first-order valence-electron chi connectivity index (χ1n) is 6.51. The van der Waals surface area contributed by atoms with Crippen molar-refractivity contribution in [1.29, 1.82) is 5.26 Å². The van der Waals surface area contributed by atoms with Gasteiger partial charge < -0.3 is 10.2 Å². The number of carbonyl (C=O) groups excluding carboxylic acids is 2. The molecule has 5 nitrogen and oxygen atoms in total. The highest BCUT2D eigenvalue weighted by Crippen LogP contribution is 2.40. The van der Waals surface area contributed by atoms with Gasteiger partial charge in [-0.2, -0.15) is 5.26 Å². The Kier molecular flexibility index (Phi) is 4.71. The van der Waals surface area contributed by atoms with Crippen LogP contribution in [0.25, 0.3) is 0 Å². The van der Waals surface area contributed by atoms with Gasteiger partial charge in [-0.25, -0.2) is 0 Å². The molecule has 0 aliphatic heterocycles. The van der Waals surface area contributed by atoms with E-state index < -0.39 is 11.5 Å². The van der Waals surface area contributed by atoms with E-state index in [0.717, 1.165) is 6.42 Å². The Morgan fingerprint density at radius 2 is 1.94 bits per heavy atom. The average molecular weight is 251 g/mol. The molecule has 0 spiro atoms. The van der Waals surface area contributed by atoms with Crippen LogP contribution in [0.2, 0.25) is 0 Å². The highest BCUT2D eigenvalue weighted by molar-refractivity contribution is 5.91. The fourth-order valence-corrected chi connectivity index (χ4v) is 2.13. The summed E-state index contributed by atoms with van der Waals surface area (Å²) in [7, 11) is 0. The summed E-state index contributed by atoms with van der Waals surface area (Å²) in [6.07, 6.45) is 2.10. The summed E-state index contributed by atoms with van der Waals surface area (Å²) in [6.45, 7) is 6.72. The number of nitriles is 1. The molecule has 0 bridgehead atoms. The molecule has 0 heterocycles. The molecule has 1 unspecified atom stereocenters. The Hall–Kier alpha value is -1.57. The second-order valence-electron chi connectivity index (χ2n) is 4.75. The average Bonchev–Trinajstić information content (AvgIpc) is 2.29. The van der Waals surface area contributed by atoms with Gasteiger partial charge in [0.05, 0.1) is 6.07 Å². The summed E-state index contributed by atoms with van der Waals surface area (Å²) in [5, 5.41) is 11.7. The summed E-state index contributed by atoms with van der Waals surface area (Å²) in [5.41, 5.74) is -0.891. The first-order chi connectivity index (χ1) is 8.50. The van der Waals surface area contributed by atoms with Crippen molar-refractivity contribution in [2.75, 3.05) is 13.1 Å². The zero-order valence-corrected chi connectivity index (χ0v) is 11.3. The minimum Gasteiger partial charge on any atom is -0.343 e. The molecule has 2 amide bonds. The number of rotatable bonds is 5. The second kappa shape index (κ2) is 5.85. The third-order valence-corrected chi connectivity index (χ3v) is 3.65. The molecular formula is C13H21N3O2. The number of hydrogen-bond acceptors (Lipinski definition) is 3. The lowest BCUT2D eigenvalue weighted by molar-refractivity contribution is -0.139. The number of hydrogen-bond donors (Lipinski definition) is 1. The predicted molar refractivity (Wildman–Crippen MR) is 67.4 cm³/mol. The van der Waals surface area contributed by atoms with Crippen molar-refractivity contribution in [2.24, 2.45) is 5.41 Å². The van der Waals surface area contributed by atoms with Crippen LogP contribution < -0.4 is 5.32 Å². The van der Waals surface area contributed by atoms with Crippen molar-refractivity contribution in [3.63, 3.8) is 0 Å². The molecule has 1 aliphatic rings. The van der Waals surface area contributed by atoms with Crippen LogP contribution in [-0.4, -0.2) is 35.8 Å². The van der Waals surface area contributed by atoms with Crippen molar-refractivity contribution in [1.82, 2.24) is 10.2 Å². The van der Waals surface area contributed by atoms with E-state index in [1.165, 1.54) is 0 Å². The van der Waals surface area contributed by atoms with Crippen LogP contribution in [0.4, 0.5) is 0 Å². The maximum absolute atomic E-state index is 12.0. The fraction of sp³-hybridized carbons (Fsp3) is 0.769. The molecule has 1 rings (SSSR count). The molecule has 0 aromatic carbocycles. The van der Waals surface area contributed by atoms with Gasteiger partial charge in [-0.1, -0.05) is 0 Å². The van der Waals surface area contributed by atoms with Gasteiger partial charge in [0, 0.05) is 13.1 Å². The zero-order chi connectivity index (χ0) is 13.8. The normalized spacial score (nSPS) is 18.1. The van der Waals surface area contributed by atoms with E-state index in [1.807, 2.05) is 13.8 Å². The number of nitrogens with zero attached hydrogens (tertiary/aromatic N) is 2. The topological polar surface area (TPSA) is 73.2 Å². The molecule has 0 saturated heterocycles. The van der Waals surface area contributed by atoms with Crippen molar-refractivity contribution >= 4 is 11.8 Å². The molecule has 1 fully saturated rings. The van der Waals surface area contributed by atoms with E-state index in [4.69, 9.17) is 5.26 Å². The molecule has 0 aromatic heterocycles. The van der Waals surface area contributed by atoms with Crippen molar-refractivity contribution in [2.45, 2.75) is 46.1 Å². The van der Waals surface area contributed by atoms with Gasteiger partial charge in [-0.15, -0.1) is 0 Å². The molecule has 1 aliphatic carbocycles. The van der Waals surface area contributed by atoms with Gasteiger partial charge in [0.2, 0.25) is 11.8 Å². The lowest BCUT2D eigenvalue weighted by atomic mass is 9.69. The number of carbonyl (C=O) groups is 2. The molecule has 100 valence electrons. The Labute approximate surface area is 108 Å². The smallest absolute Gasteiger partial charge is 0.244 e. The van der Waals surface area contributed by atoms with E-state index in [1.54, 1.807) is 11.8 Å². The third-order valence-electron chi connectivity index (χ3n) is 3.65. The predicted octanol–water partition coefficient (Wildman–Crippen LogP) is 1.05. The van der Waals surface area contributed by atoms with E-state index in [0.29, 0.717) is 25.9 Å². The van der Waals surface area contributed by atoms with Crippen LogP contribution >= 0.6 is 0 Å². The molecule has 1 saturated carbocycles. The first-order valence-corrected chi connectivity index (χ1v) is 6.51. The molecule has 18 heavy (non-hydrogen) atoms. The SMILES string of the molecule is CCN(CC)C(=O)C(C)NC(=O)C1(C#N)CCC1. The number of likely N-dealkylation sites (N-methyl/N-ethyl adjacent to an activating group) is 1. The van der Waals surface area contributed by atoms with Gasteiger partial charge in [0.25, 0.3) is 0 Å². The summed E-state index contributed by atoms with van der Waals surface area (Å²) in [6, 6.07) is 1.51. The van der Waals surface area contributed by atoms with Crippen LogP contribution in [0, 0.1) is 16.7 Å². The summed E-state index contributed by atoms with van der Waals surface area (Å²) >= 11 is 0. The lowest BCUT2D eigenvalue weighted by Crippen LogP contribution is -2.52. The molecule has 0 aromatic rings. The maximum atomic E-state index is 12.0. The fourth-order valence-electron chi connectivity index (χ4n) is 2.13. The van der Waals surface area contributed by atoms with Crippen molar-refractivity contribution in [3.8, 4) is 6.07 Å². The molecule has 5 heteroatoms. The Balaban J connectivity index is 2.60. The third kappa shape index (κ3) is 2.63. The van der Waals surface area contributed by atoms with Crippen LogP contribution in [-0.2, 0) is 9.59 Å². The molecule has 1 N–H and O–H groups in total. The standard InChI is InChI=1S/C13H21N3O2/c1-4-16(5-2)11(17)10(3)15-12(18)13(9-14)7-6-8-13/h10H,4-8H2,1-3H3,(H,15,18). The van der Waals surface area contributed by atoms with Gasteiger partial charge in [-0.3, -0.25) is 9.59 Å². The van der Waals surface area contributed by atoms with Crippen LogP contribution in [0.15, 0.2) is 0 Å². The maximum Gasteiger partial charge on any atom is 0.244 e. The van der Waals surface area contributed by atoms with Crippen LogP contribution in [0.1, 0.15) is 40.0 Å². The largest absolute Gasteiger partial charge is 0.343 e. The van der Waals surface area contributed by atoms with Gasteiger partial charge in [0.1, 0.15) is 11.5 Å². The molecule has 1 atom stereocenters. The highest BCUT2D eigenvalue weighted by Gasteiger charge is 2.45. The number of amides is 2. The van der Waals surface area contributed by atoms with E-state index in [2.05, 4.69) is 11.4 Å². The Morgan fingerprint density at radius 1 is 1.39 bits per heavy atom. The lowest BCUT2D eigenvalue weighted by Gasteiger charge is -2.34. The van der Waals surface area contributed by atoms with Crippen molar-refractivity contribution in [3.05, 3.63) is 0 Å². The zero-order valence-electron chi connectivity index (χ0n) is 11.3. The van der Waals surface area contributed by atoms with Gasteiger partial charge >= 0.3 is 0 Å². The second-order valence-corrected chi connectivity index (χ2v) is 4.75. The Bertz CT molecular complexity index is 365. The van der Waals surface area contributed by atoms with Gasteiger partial charge in [0.15, 0.2) is 0 Å². The Morgan fingerprint density at radius 3 is 2.28 bits per heavy atom. The summed E-state index contributed by atoms with van der Waals surface area (Å²) in [4.78, 5) is 25.7. The number of nitrogens with one attached hydrogen (secondary N) is 1. The van der Waals surface area contributed by atoms with Crippen molar-refractivity contribution < 1.29 is 9.59 Å². The minimum atomic E-state index is -0.891. The first kappa shape index (κ1) is 14.5. The van der Waals surface area contributed by atoms with Crippen LogP contribution in [0.3, 0.4) is 0 Å². The van der Waals surface area contributed by atoms with Gasteiger partial charge in [-0.05, 0) is 40.0 Å². The van der Waals surface area contributed by atoms with E-state index in [-0.39, 0.29) is 11.8 Å². The monoisotopic (exact) mass is 251 g/mol. The minimum absolute atomic E-state index is 0.0965. The summed E-state index contributed by atoms with van der Waals surface area (Å²) < 4.78 is 0. The summed E-state index contributed by atoms with van der Waals surface area (Å²) in [5.74, 6) is -0.398. The quantitative estimate of drug-likeness (QED) is 0.793. The molecular weight excluding hydrogens is 230 g/mol. The van der Waals surface area contributed by atoms with E-state index in [9.17, 15) is 9.59 Å². The van der Waals surface area contributed by atoms with E-state index >= 15 is 0 Å². The highest BCUT2D eigenvalue weighted by atomic mass is 16.2. The molecule has 0 radical (unpaired) electrons.